The summed E-state index contributed by atoms with van der Waals surface area (Å²) in [6.07, 6.45) is 6.07. The number of rotatable bonds is 8. The molecule has 0 radical (unpaired) electrons. The van der Waals surface area contributed by atoms with E-state index < -0.39 is 0 Å². The molecule has 162 valence electrons. The lowest BCUT2D eigenvalue weighted by atomic mass is 10.0. The molecule has 0 aliphatic rings. The molecule has 3 aromatic rings. The SMILES string of the molecule is COc1ccc(C=Cc2cc(Cc3cnc(N)nc3N)cc(OC)c2OC)cc1OC. The number of benzene rings is 2. The van der Waals surface area contributed by atoms with Crippen molar-refractivity contribution in [1.82, 2.24) is 9.97 Å². The molecule has 0 bridgehead atoms. The molecule has 1 aromatic heterocycles. The van der Waals surface area contributed by atoms with Gasteiger partial charge in [0.05, 0.1) is 28.4 Å². The maximum absolute atomic E-state index is 6.00. The van der Waals surface area contributed by atoms with Crippen LogP contribution in [0.25, 0.3) is 12.2 Å². The predicted octanol–water partition coefficient (Wildman–Crippen LogP) is 3.44. The van der Waals surface area contributed by atoms with Crippen LogP contribution in [0.3, 0.4) is 0 Å². The first kappa shape index (κ1) is 21.8. The van der Waals surface area contributed by atoms with Gasteiger partial charge in [0, 0.05) is 23.7 Å². The molecule has 0 aliphatic heterocycles. The number of nitrogen functional groups attached to an aromatic ring is 2. The van der Waals surface area contributed by atoms with Crippen molar-refractivity contribution in [3.05, 3.63) is 58.8 Å². The molecule has 31 heavy (non-hydrogen) atoms. The van der Waals surface area contributed by atoms with Crippen LogP contribution >= 0.6 is 0 Å². The third kappa shape index (κ3) is 4.98. The number of hydrogen-bond donors (Lipinski definition) is 2. The molecule has 0 fully saturated rings. The zero-order valence-electron chi connectivity index (χ0n) is 18.0. The molecular formula is C23H26N4O4. The molecule has 0 aliphatic carbocycles. The summed E-state index contributed by atoms with van der Waals surface area (Å²) in [6.45, 7) is 0. The van der Waals surface area contributed by atoms with E-state index >= 15 is 0 Å². The highest BCUT2D eigenvalue weighted by Crippen LogP contribution is 2.35. The minimum absolute atomic E-state index is 0.145. The van der Waals surface area contributed by atoms with E-state index in [-0.39, 0.29) is 5.95 Å². The van der Waals surface area contributed by atoms with Crippen LogP contribution in [0.4, 0.5) is 11.8 Å². The van der Waals surface area contributed by atoms with Gasteiger partial charge in [-0.25, -0.2) is 4.98 Å². The Balaban J connectivity index is 1.98. The van der Waals surface area contributed by atoms with Gasteiger partial charge in [-0.15, -0.1) is 0 Å². The summed E-state index contributed by atoms with van der Waals surface area (Å²) < 4.78 is 21.8. The Bertz CT molecular complexity index is 1100. The van der Waals surface area contributed by atoms with E-state index in [1.807, 2.05) is 42.5 Å². The highest BCUT2D eigenvalue weighted by atomic mass is 16.5. The lowest BCUT2D eigenvalue weighted by Crippen LogP contribution is -2.04. The molecule has 3 rings (SSSR count). The lowest BCUT2D eigenvalue weighted by Gasteiger charge is -2.14. The van der Waals surface area contributed by atoms with Crippen molar-refractivity contribution >= 4 is 23.9 Å². The van der Waals surface area contributed by atoms with Gasteiger partial charge in [0.1, 0.15) is 5.82 Å². The average molecular weight is 422 g/mol. The zero-order valence-corrected chi connectivity index (χ0v) is 18.0. The highest BCUT2D eigenvalue weighted by Gasteiger charge is 2.13. The Morgan fingerprint density at radius 1 is 0.839 bits per heavy atom. The second-order valence-electron chi connectivity index (χ2n) is 6.68. The van der Waals surface area contributed by atoms with Crippen LogP contribution in [0.2, 0.25) is 0 Å². The van der Waals surface area contributed by atoms with Crippen LogP contribution in [-0.4, -0.2) is 38.4 Å². The van der Waals surface area contributed by atoms with Crippen LogP contribution in [0.15, 0.2) is 36.5 Å². The fourth-order valence-corrected chi connectivity index (χ4v) is 3.21. The number of nitrogens with two attached hydrogens (primary N) is 2. The minimum Gasteiger partial charge on any atom is -0.493 e. The van der Waals surface area contributed by atoms with Crippen LogP contribution in [0, 0.1) is 0 Å². The zero-order chi connectivity index (χ0) is 22.4. The summed E-state index contributed by atoms with van der Waals surface area (Å²) in [7, 11) is 6.42. The molecular weight excluding hydrogens is 396 g/mol. The van der Waals surface area contributed by atoms with Crippen LogP contribution in [0.1, 0.15) is 22.3 Å². The Morgan fingerprint density at radius 2 is 1.58 bits per heavy atom. The summed E-state index contributed by atoms with van der Waals surface area (Å²) in [5.74, 6) is 3.06. The number of nitrogens with zero attached hydrogens (tertiary/aromatic N) is 2. The predicted molar refractivity (Wildman–Crippen MR) is 122 cm³/mol. The molecule has 0 unspecified atom stereocenters. The quantitative estimate of drug-likeness (QED) is 0.531. The maximum Gasteiger partial charge on any atom is 0.221 e. The van der Waals surface area contributed by atoms with E-state index in [0.717, 1.165) is 22.3 Å². The van der Waals surface area contributed by atoms with Crippen LogP contribution in [-0.2, 0) is 6.42 Å². The average Bonchev–Trinajstić information content (AvgIpc) is 2.78. The van der Waals surface area contributed by atoms with Gasteiger partial charge in [-0.2, -0.15) is 4.98 Å². The standard InChI is InChI=1S/C23H26N4O4/c1-28-18-8-6-14(11-19(18)29-2)5-7-16-9-15(12-20(30-3)21(16)31-4)10-17-13-26-23(25)27-22(17)24/h5-9,11-13H,10H2,1-4H3,(H4,24,25,26,27). The number of ether oxygens (including phenoxy) is 4. The van der Waals surface area contributed by atoms with Gasteiger partial charge in [-0.05, 0) is 35.4 Å². The van der Waals surface area contributed by atoms with Crippen molar-refractivity contribution in [1.29, 1.82) is 0 Å². The normalized spacial score (nSPS) is 10.8. The second kappa shape index (κ2) is 9.71. The van der Waals surface area contributed by atoms with E-state index in [2.05, 4.69) is 9.97 Å². The Hall–Kier alpha value is -3.94. The monoisotopic (exact) mass is 422 g/mol. The van der Waals surface area contributed by atoms with Gasteiger partial charge in [-0.1, -0.05) is 18.2 Å². The molecule has 0 atom stereocenters. The Labute approximate surface area is 181 Å². The lowest BCUT2D eigenvalue weighted by molar-refractivity contribution is 0.354. The van der Waals surface area contributed by atoms with Gasteiger partial charge < -0.3 is 30.4 Å². The minimum atomic E-state index is 0.145. The highest BCUT2D eigenvalue weighted by molar-refractivity contribution is 5.76. The molecule has 0 amide bonds. The topological polar surface area (TPSA) is 115 Å². The number of methoxy groups -OCH3 is 4. The maximum atomic E-state index is 6.00. The van der Waals surface area contributed by atoms with E-state index in [1.54, 1.807) is 34.6 Å². The molecule has 8 nitrogen and oxygen atoms in total. The largest absolute Gasteiger partial charge is 0.493 e. The fourth-order valence-electron chi connectivity index (χ4n) is 3.21. The second-order valence-corrected chi connectivity index (χ2v) is 6.68. The van der Waals surface area contributed by atoms with Crippen LogP contribution < -0.4 is 30.4 Å². The van der Waals surface area contributed by atoms with Gasteiger partial charge in [0.25, 0.3) is 0 Å². The van der Waals surface area contributed by atoms with Crippen molar-refractivity contribution < 1.29 is 18.9 Å². The summed E-state index contributed by atoms with van der Waals surface area (Å²) in [4.78, 5) is 8.06. The Morgan fingerprint density at radius 3 is 2.23 bits per heavy atom. The fraction of sp³-hybridized carbons (Fsp3) is 0.217. The van der Waals surface area contributed by atoms with E-state index in [1.165, 1.54) is 0 Å². The first-order valence-electron chi connectivity index (χ1n) is 9.51. The number of aromatic nitrogens is 2. The summed E-state index contributed by atoms with van der Waals surface area (Å²) >= 11 is 0. The van der Waals surface area contributed by atoms with E-state index in [0.29, 0.717) is 35.2 Å². The number of hydrogen-bond acceptors (Lipinski definition) is 8. The third-order valence-electron chi connectivity index (χ3n) is 4.74. The van der Waals surface area contributed by atoms with Crippen molar-refractivity contribution in [3.63, 3.8) is 0 Å². The molecule has 0 spiro atoms. The molecule has 0 saturated carbocycles. The molecule has 1 heterocycles. The molecule has 0 saturated heterocycles. The molecule has 8 heteroatoms. The number of anilines is 2. The van der Waals surface area contributed by atoms with E-state index in [4.69, 9.17) is 30.4 Å². The van der Waals surface area contributed by atoms with E-state index in [9.17, 15) is 0 Å². The van der Waals surface area contributed by atoms with Gasteiger partial charge in [0.15, 0.2) is 23.0 Å². The smallest absolute Gasteiger partial charge is 0.221 e. The van der Waals surface area contributed by atoms with Gasteiger partial charge in [-0.3, -0.25) is 0 Å². The third-order valence-corrected chi connectivity index (χ3v) is 4.74. The van der Waals surface area contributed by atoms with Crippen molar-refractivity contribution in [2.45, 2.75) is 6.42 Å². The summed E-state index contributed by atoms with van der Waals surface area (Å²) in [6, 6.07) is 9.61. The Kier molecular flexibility index (Phi) is 6.81. The van der Waals surface area contributed by atoms with Gasteiger partial charge in [0.2, 0.25) is 5.95 Å². The van der Waals surface area contributed by atoms with Crippen LogP contribution in [0.5, 0.6) is 23.0 Å². The molecule has 2 aromatic carbocycles. The molecule has 4 N–H and O–H groups in total. The van der Waals surface area contributed by atoms with Crippen molar-refractivity contribution in [3.8, 4) is 23.0 Å². The summed E-state index contributed by atoms with van der Waals surface area (Å²) in [5.41, 5.74) is 15.1. The van der Waals surface area contributed by atoms with Crippen molar-refractivity contribution in [2.75, 3.05) is 39.9 Å². The summed E-state index contributed by atoms with van der Waals surface area (Å²) in [5, 5.41) is 0. The first-order chi connectivity index (χ1) is 15.0. The van der Waals surface area contributed by atoms with Crippen molar-refractivity contribution in [2.24, 2.45) is 0 Å². The first-order valence-corrected chi connectivity index (χ1v) is 9.51. The van der Waals surface area contributed by atoms with Gasteiger partial charge >= 0.3 is 0 Å².